The molecule has 9 heavy (non-hydrogen) atoms. The summed E-state index contributed by atoms with van der Waals surface area (Å²) in [5.41, 5.74) is 0. The van der Waals surface area contributed by atoms with Crippen molar-refractivity contribution in [3.8, 4) is 0 Å². The summed E-state index contributed by atoms with van der Waals surface area (Å²) in [6.45, 7) is 0. The number of carbonyl (C=O) groups excluding carboxylic acids is 1. The van der Waals surface area contributed by atoms with Gasteiger partial charge in [0.05, 0.1) is 0 Å². The summed E-state index contributed by atoms with van der Waals surface area (Å²) >= 11 is 0. The molecule has 0 aliphatic carbocycles. The lowest BCUT2D eigenvalue weighted by Gasteiger charge is -1.90. The van der Waals surface area contributed by atoms with E-state index in [1.54, 1.807) is 7.05 Å². The highest BCUT2D eigenvalue weighted by Crippen LogP contribution is 1.47. The Hall–Kier alpha value is -0.280. The van der Waals surface area contributed by atoms with Crippen molar-refractivity contribution in [2.75, 3.05) is 28.2 Å². The molecule has 1 N–H and O–H groups in total. The molecular formula is C5H15ClN2O. The Labute approximate surface area is 62.8 Å². The lowest BCUT2D eigenvalue weighted by atomic mass is 11.0. The Bertz CT molecular complexity index is 47.5. The molecule has 0 aliphatic heterocycles. The van der Waals surface area contributed by atoms with Crippen LogP contribution in [0.3, 0.4) is 0 Å². The van der Waals surface area contributed by atoms with Crippen molar-refractivity contribution in [1.29, 1.82) is 0 Å². The van der Waals surface area contributed by atoms with Crippen LogP contribution in [-0.4, -0.2) is 39.5 Å². The Kier molecular flexibility index (Phi) is 27.6. The van der Waals surface area contributed by atoms with Crippen molar-refractivity contribution in [2.45, 2.75) is 0 Å². The van der Waals surface area contributed by atoms with E-state index >= 15 is 0 Å². The van der Waals surface area contributed by atoms with Crippen molar-refractivity contribution in [3.63, 3.8) is 0 Å². The van der Waals surface area contributed by atoms with E-state index in [-0.39, 0.29) is 12.4 Å². The van der Waals surface area contributed by atoms with Crippen LogP contribution < -0.4 is 5.32 Å². The topological polar surface area (TPSA) is 32.3 Å². The van der Waals surface area contributed by atoms with Gasteiger partial charge in [0.2, 0.25) is 6.41 Å². The first-order valence-electron chi connectivity index (χ1n) is 2.37. The summed E-state index contributed by atoms with van der Waals surface area (Å²) in [5, 5.41) is 2.25. The highest BCUT2D eigenvalue weighted by molar-refractivity contribution is 5.85. The van der Waals surface area contributed by atoms with Crippen molar-refractivity contribution in [1.82, 2.24) is 10.2 Å². The van der Waals surface area contributed by atoms with Gasteiger partial charge in [-0.1, -0.05) is 0 Å². The van der Waals surface area contributed by atoms with E-state index in [0.717, 1.165) is 0 Å². The summed E-state index contributed by atoms with van der Waals surface area (Å²) in [6, 6.07) is 0. The van der Waals surface area contributed by atoms with Gasteiger partial charge in [-0.05, 0) is 21.1 Å². The van der Waals surface area contributed by atoms with E-state index in [4.69, 9.17) is 4.79 Å². The minimum Gasteiger partial charge on any atom is -0.362 e. The minimum absolute atomic E-state index is 0. The van der Waals surface area contributed by atoms with Crippen molar-refractivity contribution < 1.29 is 4.79 Å². The van der Waals surface area contributed by atoms with Crippen LogP contribution in [0.5, 0.6) is 0 Å². The fraction of sp³-hybridized carbons (Fsp3) is 0.800. The van der Waals surface area contributed by atoms with E-state index in [9.17, 15) is 0 Å². The van der Waals surface area contributed by atoms with Crippen LogP contribution >= 0.6 is 12.4 Å². The van der Waals surface area contributed by atoms with Gasteiger partial charge < -0.3 is 10.2 Å². The zero-order chi connectivity index (χ0) is 6.99. The van der Waals surface area contributed by atoms with Crippen LogP contribution in [0, 0.1) is 0 Å². The van der Waals surface area contributed by atoms with Crippen LogP contribution in [0.4, 0.5) is 0 Å². The second-order valence-corrected chi connectivity index (χ2v) is 1.75. The second kappa shape index (κ2) is 15.6. The van der Waals surface area contributed by atoms with Crippen LogP contribution in [0.1, 0.15) is 0 Å². The number of rotatable bonds is 1. The molecule has 1 amide bonds. The molecule has 0 aromatic rings. The molecular weight excluding hydrogens is 140 g/mol. The third-order valence-electron chi connectivity index (χ3n) is 0.118. The second-order valence-electron chi connectivity index (χ2n) is 1.75. The molecule has 0 fully saturated rings. The lowest BCUT2D eigenvalue weighted by molar-refractivity contribution is -0.109. The molecule has 0 aromatic heterocycles. The average molecular weight is 155 g/mol. The van der Waals surface area contributed by atoms with Crippen LogP contribution in [0.15, 0.2) is 0 Å². The third kappa shape index (κ3) is 487. The van der Waals surface area contributed by atoms with E-state index in [0.29, 0.717) is 6.41 Å². The number of carbonyl (C=O) groups is 1. The molecule has 0 aliphatic rings. The zero-order valence-corrected chi connectivity index (χ0v) is 7.16. The number of nitrogens with one attached hydrogen (secondary N) is 1. The molecule has 0 aromatic carbocycles. The summed E-state index contributed by atoms with van der Waals surface area (Å²) in [6.07, 6.45) is 0.625. The quantitative estimate of drug-likeness (QED) is 0.538. The molecule has 58 valence electrons. The van der Waals surface area contributed by atoms with Gasteiger partial charge in [0.1, 0.15) is 0 Å². The van der Waals surface area contributed by atoms with Gasteiger partial charge >= 0.3 is 0 Å². The third-order valence-corrected chi connectivity index (χ3v) is 0.118. The average Bonchev–Trinajstić information content (AvgIpc) is 1.65. The first kappa shape index (κ1) is 15.9. The van der Waals surface area contributed by atoms with E-state index < -0.39 is 0 Å². The van der Waals surface area contributed by atoms with Gasteiger partial charge in [0.25, 0.3) is 0 Å². The molecule has 0 saturated carbocycles. The van der Waals surface area contributed by atoms with E-state index in [2.05, 4.69) is 5.32 Å². The molecule has 0 saturated heterocycles. The summed E-state index contributed by atoms with van der Waals surface area (Å²) < 4.78 is 0. The number of halogens is 1. The summed E-state index contributed by atoms with van der Waals surface area (Å²) in [4.78, 5) is 11.1. The molecule has 0 spiro atoms. The fourth-order valence-electron chi connectivity index (χ4n) is 0. The van der Waals surface area contributed by atoms with Gasteiger partial charge in [0.15, 0.2) is 0 Å². The molecule has 4 heteroatoms. The Morgan fingerprint density at radius 2 is 1.44 bits per heavy atom. The molecule has 0 heterocycles. The maximum atomic E-state index is 9.06. The Morgan fingerprint density at radius 1 is 1.33 bits per heavy atom. The number of nitrogens with zero attached hydrogens (tertiary/aromatic N) is 1. The number of amides is 1. The number of hydrogen-bond donors (Lipinski definition) is 1. The highest BCUT2D eigenvalue weighted by atomic mass is 35.5. The van der Waals surface area contributed by atoms with Gasteiger partial charge in [-0.3, -0.25) is 4.79 Å². The molecule has 0 rings (SSSR count). The van der Waals surface area contributed by atoms with Gasteiger partial charge in [-0.25, -0.2) is 0 Å². The Morgan fingerprint density at radius 3 is 1.44 bits per heavy atom. The highest BCUT2D eigenvalue weighted by Gasteiger charge is 1.58. The largest absolute Gasteiger partial charge is 0.362 e. The molecule has 3 nitrogen and oxygen atoms in total. The lowest BCUT2D eigenvalue weighted by Crippen LogP contribution is -1.99. The first-order valence-corrected chi connectivity index (χ1v) is 2.37. The van der Waals surface area contributed by atoms with Gasteiger partial charge in [0, 0.05) is 7.05 Å². The molecule has 0 unspecified atom stereocenters. The zero-order valence-electron chi connectivity index (χ0n) is 6.34. The predicted octanol–water partition coefficient (Wildman–Crippen LogP) is -0.0382. The normalized spacial score (nSPS) is 6.33. The van der Waals surface area contributed by atoms with E-state index in [1.807, 2.05) is 26.0 Å². The fourth-order valence-corrected chi connectivity index (χ4v) is 0. The number of hydrogen-bond acceptors (Lipinski definition) is 2. The van der Waals surface area contributed by atoms with Crippen LogP contribution in [0.25, 0.3) is 0 Å². The SMILES string of the molecule is CN(C)C.CNC=O.Cl. The summed E-state index contributed by atoms with van der Waals surface area (Å²) in [5.74, 6) is 0. The maximum Gasteiger partial charge on any atom is 0.206 e. The van der Waals surface area contributed by atoms with Crippen LogP contribution in [-0.2, 0) is 4.79 Å². The Balaban J connectivity index is -0.0000000720. The maximum absolute atomic E-state index is 9.06. The van der Waals surface area contributed by atoms with Crippen molar-refractivity contribution >= 4 is 18.8 Å². The van der Waals surface area contributed by atoms with Gasteiger partial charge in [-0.2, -0.15) is 0 Å². The summed E-state index contributed by atoms with van der Waals surface area (Å²) in [7, 11) is 7.56. The molecule has 0 bridgehead atoms. The standard InChI is InChI=1S/C3H9N.C2H5NO.ClH/c1-4(2)3;1-3-2-4;/h1-3H3;2H,1H3,(H,3,4);1H. The molecule has 0 radical (unpaired) electrons. The molecule has 0 atom stereocenters. The minimum atomic E-state index is 0. The van der Waals surface area contributed by atoms with Crippen LogP contribution in [0.2, 0.25) is 0 Å². The smallest absolute Gasteiger partial charge is 0.206 e. The van der Waals surface area contributed by atoms with Crippen molar-refractivity contribution in [3.05, 3.63) is 0 Å². The van der Waals surface area contributed by atoms with Crippen molar-refractivity contribution in [2.24, 2.45) is 0 Å². The van der Waals surface area contributed by atoms with Gasteiger partial charge in [-0.15, -0.1) is 12.4 Å². The first-order chi connectivity index (χ1) is 3.65. The van der Waals surface area contributed by atoms with E-state index in [1.165, 1.54) is 0 Å². The predicted molar refractivity (Wildman–Crippen MR) is 42.0 cm³/mol. The monoisotopic (exact) mass is 154 g/mol.